The standard InChI is InChI=1S/C28H25N5O5/c1-3-37-28(34)27-19(2)31(16-20-7-5-4-6-8-20)26-14-13-24(15-25(26)27)38-18-21-17-32(30-29-21)22-9-11-23(12-10-22)33(35)36/h4-15,17H,3,16,18H2,1-2H3. The van der Waals surface area contributed by atoms with E-state index in [1.807, 2.05) is 43.3 Å². The fraction of sp³-hybridized carbons (Fsp3) is 0.179. The van der Waals surface area contributed by atoms with Crippen LogP contribution in [0.15, 0.2) is 79.0 Å². The van der Waals surface area contributed by atoms with E-state index in [-0.39, 0.29) is 24.9 Å². The topological polar surface area (TPSA) is 114 Å². The number of hydrogen-bond acceptors (Lipinski definition) is 7. The smallest absolute Gasteiger partial charge is 0.340 e. The van der Waals surface area contributed by atoms with Gasteiger partial charge >= 0.3 is 5.97 Å². The van der Waals surface area contributed by atoms with Crippen LogP contribution in [0.1, 0.15) is 34.2 Å². The Kier molecular flexibility index (Phi) is 6.86. The third kappa shape index (κ3) is 4.96. The average molecular weight is 512 g/mol. The van der Waals surface area contributed by atoms with Gasteiger partial charge in [-0.15, -0.1) is 5.10 Å². The zero-order valence-corrected chi connectivity index (χ0v) is 20.9. The average Bonchev–Trinajstić information content (AvgIpc) is 3.51. The molecule has 0 saturated heterocycles. The van der Waals surface area contributed by atoms with Gasteiger partial charge in [0.1, 0.15) is 18.1 Å². The lowest BCUT2D eigenvalue weighted by molar-refractivity contribution is -0.384. The number of aromatic nitrogens is 4. The number of carbonyl (C=O) groups excluding carboxylic acids is 1. The van der Waals surface area contributed by atoms with Gasteiger partial charge in [0.15, 0.2) is 0 Å². The molecule has 0 radical (unpaired) electrons. The van der Waals surface area contributed by atoms with Crippen LogP contribution in [0.3, 0.4) is 0 Å². The Morgan fingerprint density at radius 1 is 1.05 bits per heavy atom. The molecule has 5 rings (SSSR count). The van der Waals surface area contributed by atoms with Crippen LogP contribution in [0.25, 0.3) is 16.6 Å². The summed E-state index contributed by atoms with van der Waals surface area (Å²) in [5, 5.41) is 19.9. The number of rotatable bonds is 9. The maximum absolute atomic E-state index is 12.9. The van der Waals surface area contributed by atoms with Gasteiger partial charge < -0.3 is 14.0 Å². The molecular formula is C28H25N5O5. The molecule has 2 aromatic heterocycles. The molecule has 10 heteroatoms. The van der Waals surface area contributed by atoms with Crippen LogP contribution >= 0.6 is 0 Å². The molecule has 2 heterocycles. The Hall–Kier alpha value is -4.99. The molecule has 0 fully saturated rings. The summed E-state index contributed by atoms with van der Waals surface area (Å²) in [6.07, 6.45) is 1.70. The summed E-state index contributed by atoms with van der Waals surface area (Å²) in [4.78, 5) is 23.3. The lowest BCUT2D eigenvalue weighted by atomic mass is 10.1. The molecule has 0 aliphatic heterocycles. The molecule has 0 aliphatic rings. The Bertz CT molecular complexity index is 1610. The minimum Gasteiger partial charge on any atom is -0.487 e. The molecule has 38 heavy (non-hydrogen) atoms. The summed E-state index contributed by atoms with van der Waals surface area (Å²) < 4.78 is 15.0. The van der Waals surface area contributed by atoms with Gasteiger partial charge in [0.25, 0.3) is 5.69 Å². The van der Waals surface area contributed by atoms with E-state index in [4.69, 9.17) is 9.47 Å². The van der Waals surface area contributed by atoms with Crippen LogP contribution in [0, 0.1) is 17.0 Å². The molecule has 0 atom stereocenters. The zero-order valence-electron chi connectivity index (χ0n) is 20.9. The predicted octanol–water partition coefficient (Wildman–Crippen LogP) is 5.24. The van der Waals surface area contributed by atoms with Crippen LogP contribution in [-0.4, -0.2) is 37.1 Å². The number of carbonyl (C=O) groups is 1. The van der Waals surface area contributed by atoms with Crippen LogP contribution < -0.4 is 4.74 Å². The third-order valence-electron chi connectivity index (χ3n) is 6.21. The van der Waals surface area contributed by atoms with Crippen LogP contribution in [0.4, 0.5) is 5.69 Å². The van der Waals surface area contributed by atoms with Gasteiger partial charge in [-0.3, -0.25) is 10.1 Å². The number of nitro benzene ring substituents is 1. The van der Waals surface area contributed by atoms with E-state index in [1.54, 1.807) is 25.3 Å². The van der Waals surface area contributed by atoms with E-state index in [9.17, 15) is 14.9 Å². The van der Waals surface area contributed by atoms with Crippen LogP contribution in [-0.2, 0) is 17.9 Å². The molecule has 3 aromatic carbocycles. The van der Waals surface area contributed by atoms with E-state index in [0.29, 0.717) is 29.2 Å². The molecule has 0 bridgehead atoms. The number of benzene rings is 3. The summed E-state index contributed by atoms with van der Waals surface area (Å²) in [6.45, 7) is 4.76. The fourth-order valence-electron chi connectivity index (χ4n) is 4.36. The summed E-state index contributed by atoms with van der Waals surface area (Å²) in [7, 11) is 0. The summed E-state index contributed by atoms with van der Waals surface area (Å²) >= 11 is 0. The van der Waals surface area contributed by atoms with Crippen LogP contribution in [0.5, 0.6) is 5.75 Å². The first kappa shape index (κ1) is 24.7. The molecule has 192 valence electrons. The number of esters is 1. The van der Waals surface area contributed by atoms with Crippen molar-refractivity contribution in [1.29, 1.82) is 0 Å². The summed E-state index contributed by atoms with van der Waals surface area (Å²) in [5.74, 6) is 0.204. The van der Waals surface area contributed by atoms with E-state index in [2.05, 4.69) is 27.0 Å². The SMILES string of the molecule is CCOC(=O)c1c(C)n(Cc2ccccc2)c2ccc(OCc3cn(-c4ccc([N+](=O)[O-])cc4)nn3)cc12. The number of fused-ring (bicyclic) bond motifs is 1. The van der Waals surface area contributed by atoms with E-state index in [1.165, 1.54) is 16.8 Å². The highest BCUT2D eigenvalue weighted by atomic mass is 16.6. The quantitative estimate of drug-likeness (QED) is 0.151. The Morgan fingerprint density at radius 2 is 1.82 bits per heavy atom. The van der Waals surface area contributed by atoms with Gasteiger partial charge in [-0.2, -0.15) is 0 Å². The number of ether oxygens (including phenoxy) is 2. The van der Waals surface area contributed by atoms with Crippen molar-refractivity contribution in [3.8, 4) is 11.4 Å². The van der Waals surface area contributed by atoms with E-state index < -0.39 is 4.92 Å². The van der Waals surface area contributed by atoms with Gasteiger partial charge in [0, 0.05) is 35.3 Å². The monoisotopic (exact) mass is 511 g/mol. The second kappa shape index (κ2) is 10.6. The van der Waals surface area contributed by atoms with Crippen molar-refractivity contribution in [2.45, 2.75) is 27.0 Å². The highest BCUT2D eigenvalue weighted by molar-refractivity contribution is 6.06. The van der Waals surface area contributed by atoms with Gasteiger partial charge in [0.05, 0.1) is 29.0 Å². The Labute approximate surface area is 218 Å². The fourth-order valence-corrected chi connectivity index (χ4v) is 4.36. The molecule has 0 aliphatic carbocycles. The summed E-state index contributed by atoms with van der Waals surface area (Å²) in [6, 6.07) is 21.7. The first-order valence-corrected chi connectivity index (χ1v) is 12.1. The highest BCUT2D eigenvalue weighted by Crippen LogP contribution is 2.31. The van der Waals surface area contributed by atoms with Crippen molar-refractivity contribution in [3.05, 3.63) is 112 Å². The minimum atomic E-state index is -0.452. The van der Waals surface area contributed by atoms with Crippen molar-refractivity contribution in [1.82, 2.24) is 19.6 Å². The second-order valence-electron chi connectivity index (χ2n) is 8.65. The number of non-ortho nitro benzene ring substituents is 1. The Morgan fingerprint density at radius 3 is 2.53 bits per heavy atom. The number of nitrogens with zero attached hydrogens (tertiary/aromatic N) is 5. The normalized spacial score (nSPS) is 11.0. The van der Waals surface area contributed by atoms with Gasteiger partial charge in [0.2, 0.25) is 0 Å². The molecule has 0 amide bonds. The second-order valence-corrected chi connectivity index (χ2v) is 8.65. The first-order chi connectivity index (χ1) is 18.4. The lowest BCUT2D eigenvalue weighted by Gasteiger charge is -2.09. The largest absolute Gasteiger partial charge is 0.487 e. The van der Waals surface area contributed by atoms with E-state index >= 15 is 0 Å². The first-order valence-electron chi connectivity index (χ1n) is 12.1. The molecule has 0 unspecified atom stereocenters. The Balaban J connectivity index is 1.39. The lowest BCUT2D eigenvalue weighted by Crippen LogP contribution is -2.08. The molecule has 10 nitrogen and oxygen atoms in total. The van der Waals surface area contributed by atoms with Crippen molar-refractivity contribution in [2.24, 2.45) is 0 Å². The maximum atomic E-state index is 12.9. The van der Waals surface area contributed by atoms with Crippen molar-refractivity contribution in [2.75, 3.05) is 6.61 Å². The molecule has 0 saturated carbocycles. The van der Waals surface area contributed by atoms with Gasteiger partial charge in [-0.1, -0.05) is 35.5 Å². The van der Waals surface area contributed by atoms with E-state index in [0.717, 1.165) is 22.2 Å². The molecule has 5 aromatic rings. The molecule has 0 spiro atoms. The number of hydrogen-bond donors (Lipinski definition) is 0. The molecular weight excluding hydrogens is 486 g/mol. The third-order valence-corrected chi connectivity index (χ3v) is 6.21. The van der Waals surface area contributed by atoms with Crippen LogP contribution in [0.2, 0.25) is 0 Å². The van der Waals surface area contributed by atoms with Gasteiger partial charge in [-0.05, 0) is 49.7 Å². The number of nitro groups is 1. The zero-order chi connectivity index (χ0) is 26.6. The van der Waals surface area contributed by atoms with Crippen molar-refractivity contribution >= 4 is 22.6 Å². The van der Waals surface area contributed by atoms with Crippen molar-refractivity contribution in [3.63, 3.8) is 0 Å². The molecule has 0 N–H and O–H groups in total. The highest BCUT2D eigenvalue weighted by Gasteiger charge is 2.22. The minimum absolute atomic E-state index is 0.00263. The van der Waals surface area contributed by atoms with Crippen molar-refractivity contribution < 1.29 is 19.2 Å². The predicted molar refractivity (Wildman–Crippen MR) is 141 cm³/mol. The van der Waals surface area contributed by atoms with Gasteiger partial charge in [-0.25, -0.2) is 9.48 Å². The summed E-state index contributed by atoms with van der Waals surface area (Å²) in [5.41, 5.74) is 4.60. The maximum Gasteiger partial charge on any atom is 0.340 e.